The fourth-order valence-electron chi connectivity index (χ4n) is 1.54. The maximum Gasteiger partial charge on any atom is 0.225 e. The molecule has 0 aliphatic rings. The van der Waals surface area contributed by atoms with E-state index in [-0.39, 0.29) is 5.91 Å². The molecule has 1 amide bonds. The van der Waals surface area contributed by atoms with Crippen LogP contribution in [-0.4, -0.2) is 16.2 Å². The Morgan fingerprint density at radius 1 is 1.41 bits per heavy atom. The summed E-state index contributed by atoms with van der Waals surface area (Å²) >= 11 is 9.29. The number of nitrogens with one attached hydrogen (secondary N) is 1. The van der Waals surface area contributed by atoms with Crippen LogP contribution in [0.4, 0.5) is 5.69 Å². The molecule has 88 valence electrons. The van der Waals surface area contributed by atoms with Gasteiger partial charge in [0, 0.05) is 23.3 Å². The Morgan fingerprint density at radius 2 is 2.24 bits per heavy atom. The van der Waals surface area contributed by atoms with Gasteiger partial charge in [-0.25, -0.2) is 0 Å². The van der Waals surface area contributed by atoms with Gasteiger partial charge in [-0.3, -0.25) is 9.78 Å². The predicted octanol–water partition coefficient (Wildman–Crippen LogP) is 3.61. The highest BCUT2D eigenvalue weighted by Crippen LogP contribution is 2.27. The van der Waals surface area contributed by atoms with E-state index in [1.54, 1.807) is 18.3 Å². The van der Waals surface area contributed by atoms with E-state index in [0.717, 1.165) is 5.39 Å². The molecule has 0 saturated carbocycles. The van der Waals surface area contributed by atoms with Crippen LogP contribution in [0.2, 0.25) is 5.02 Å². The van der Waals surface area contributed by atoms with Crippen molar-refractivity contribution in [1.82, 2.24) is 4.98 Å². The number of hydrogen-bond acceptors (Lipinski definition) is 2. The molecule has 0 radical (unpaired) electrons. The second kappa shape index (κ2) is 5.47. The molecule has 0 spiro atoms. The number of benzene rings is 1. The maximum atomic E-state index is 11.5. The van der Waals surface area contributed by atoms with E-state index < -0.39 is 0 Å². The quantitative estimate of drug-likeness (QED) is 0.880. The standard InChI is InChI=1S/C12H10BrClN2O/c13-6-5-11(17)16-10-4-3-9(14)8-2-1-7-15-12(8)10/h1-4,7H,5-6H2,(H,16,17). The minimum absolute atomic E-state index is 0.0452. The van der Waals surface area contributed by atoms with Crippen LogP contribution in [0.25, 0.3) is 10.9 Å². The van der Waals surface area contributed by atoms with Crippen molar-refractivity contribution in [3.05, 3.63) is 35.5 Å². The molecule has 0 saturated heterocycles. The minimum atomic E-state index is -0.0452. The van der Waals surface area contributed by atoms with Crippen molar-refractivity contribution < 1.29 is 4.79 Å². The normalized spacial score (nSPS) is 10.5. The minimum Gasteiger partial charge on any atom is -0.324 e. The number of fused-ring (bicyclic) bond motifs is 1. The monoisotopic (exact) mass is 312 g/mol. The number of hydrogen-bond donors (Lipinski definition) is 1. The number of amides is 1. The molecule has 2 aromatic rings. The molecule has 1 heterocycles. The van der Waals surface area contributed by atoms with Gasteiger partial charge < -0.3 is 5.32 Å². The van der Waals surface area contributed by atoms with Crippen molar-refractivity contribution in [3.63, 3.8) is 0 Å². The first-order valence-corrected chi connectivity index (χ1v) is 6.61. The van der Waals surface area contributed by atoms with Gasteiger partial charge in [-0.2, -0.15) is 0 Å². The number of carbonyl (C=O) groups is 1. The molecule has 0 unspecified atom stereocenters. The van der Waals surface area contributed by atoms with Gasteiger partial charge in [0.1, 0.15) is 0 Å². The largest absolute Gasteiger partial charge is 0.324 e. The van der Waals surface area contributed by atoms with Crippen LogP contribution < -0.4 is 5.32 Å². The number of anilines is 1. The van der Waals surface area contributed by atoms with Crippen LogP contribution in [-0.2, 0) is 4.79 Å². The van der Waals surface area contributed by atoms with Gasteiger partial charge in [0.15, 0.2) is 0 Å². The van der Waals surface area contributed by atoms with Crippen LogP contribution in [0.15, 0.2) is 30.5 Å². The number of halogens is 2. The lowest BCUT2D eigenvalue weighted by molar-refractivity contribution is -0.115. The lowest BCUT2D eigenvalue weighted by Gasteiger charge is -2.08. The van der Waals surface area contributed by atoms with E-state index in [0.29, 0.717) is 28.0 Å². The first kappa shape index (κ1) is 12.3. The smallest absolute Gasteiger partial charge is 0.225 e. The van der Waals surface area contributed by atoms with E-state index in [4.69, 9.17) is 11.6 Å². The fraction of sp³-hybridized carbons (Fsp3) is 0.167. The summed E-state index contributed by atoms with van der Waals surface area (Å²) in [4.78, 5) is 15.8. The lowest BCUT2D eigenvalue weighted by Crippen LogP contribution is -2.12. The van der Waals surface area contributed by atoms with Gasteiger partial charge in [-0.1, -0.05) is 27.5 Å². The molecule has 2 rings (SSSR count). The lowest BCUT2D eigenvalue weighted by atomic mass is 10.2. The second-order valence-corrected chi connectivity index (χ2v) is 4.68. The zero-order valence-electron chi connectivity index (χ0n) is 8.91. The van der Waals surface area contributed by atoms with Crippen LogP contribution in [0, 0.1) is 0 Å². The summed E-state index contributed by atoms with van der Waals surface area (Å²) in [6.45, 7) is 0. The molecule has 17 heavy (non-hydrogen) atoms. The van der Waals surface area contributed by atoms with Crippen molar-refractivity contribution in [2.75, 3.05) is 10.6 Å². The number of nitrogens with zero attached hydrogens (tertiary/aromatic N) is 1. The Hall–Kier alpha value is -1.13. The van der Waals surface area contributed by atoms with Gasteiger partial charge in [-0.15, -0.1) is 0 Å². The Kier molecular flexibility index (Phi) is 3.97. The van der Waals surface area contributed by atoms with Crippen molar-refractivity contribution in [2.24, 2.45) is 0 Å². The van der Waals surface area contributed by atoms with Gasteiger partial charge in [0.25, 0.3) is 0 Å². The molecule has 3 nitrogen and oxygen atoms in total. The number of pyridine rings is 1. The van der Waals surface area contributed by atoms with Crippen LogP contribution in [0.5, 0.6) is 0 Å². The first-order chi connectivity index (χ1) is 8.22. The first-order valence-electron chi connectivity index (χ1n) is 5.11. The molecule has 5 heteroatoms. The summed E-state index contributed by atoms with van der Waals surface area (Å²) in [6.07, 6.45) is 2.11. The average molecular weight is 314 g/mol. The van der Waals surface area contributed by atoms with Gasteiger partial charge in [-0.05, 0) is 24.3 Å². The van der Waals surface area contributed by atoms with Crippen LogP contribution in [0.3, 0.4) is 0 Å². The van der Waals surface area contributed by atoms with E-state index >= 15 is 0 Å². The molecule has 0 fully saturated rings. The van der Waals surface area contributed by atoms with Crippen molar-refractivity contribution in [3.8, 4) is 0 Å². The van der Waals surface area contributed by atoms with Crippen molar-refractivity contribution in [2.45, 2.75) is 6.42 Å². The van der Waals surface area contributed by atoms with Gasteiger partial charge >= 0.3 is 0 Å². The van der Waals surface area contributed by atoms with E-state index in [1.165, 1.54) is 0 Å². The summed E-state index contributed by atoms with van der Waals surface area (Å²) in [5.41, 5.74) is 1.40. The van der Waals surface area contributed by atoms with Crippen LogP contribution >= 0.6 is 27.5 Å². The summed E-state index contributed by atoms with van der Waals surface area (Å²) < 4.78 is 0. The highest BCUT2D eigenvalue weighted by atomic mass is 79.9. The number of carbonyl (C=O) groups excluding carboxylic acids is 1. The van der Waals surface area contributed by atoms with E-state index in [1.807, 2.05) is 12.1 Å². The molecular formula is C12H10BrClN2O. The topological polar surface area (TPSA) is 42.0 Å². The molecule has 1 N–H and O–H groups in total. The summed E-state index contributed by atoms with van der Waals surface area (Å²) in [7, 11) is 0. The van der Waals surface area contributed by atoms with E-state index in [9.17, 15) is 4.79 Å². The highest BCUT2D eigenvalue weighted by molar-refractivity contribution is 9.09. The number of rotatable bonds is 3. The maximum absolute atomic E-state index is 11.5. The third-order valence-electron chi connectivity index (χ3n) is 2.31. The van der Waals surface area contributed by atoms with E-state index in [2.05, 4.69) is 26.2 Å². The Bertz CT molecular complexity index is 559. The van der Waals surface area contributed by atoms with Crippen molar-refractivity contribution in [1.29, 1.82) is 0 Å². The van der Waals surface area contributed by atoms with Crippen molar-refractivity contribution >= 4 is 50.0 Å². The third-order valence-corrected chi connectivity index (χ3v) is 3.04. The highest BCUT2D eigenvalue weighted by Gasteiger charge is 2.08. The van der Waals surface area contributed by atoms with Gasteiger partial charge in [0.2, 0.25) is 5.91 Å². The number of aromatic nitrogens is 1. The summed E-state index contributed by atoms with van der Waals surface area (Å²) in [5.74, 6) is -0.0452. The number of alkyl halides is 1. The summed E-state index contributed by atoms with van der Waals surface area (Å²) in [5, 5.41) is 4.93. The molecular weight excluding hydrogens is 304 g/mol. The van der Waals surface area contributed by atoms with Gasteiger partial charge in [0.05, 0.1) is 16.2 Å². The molecule has 0 aliphatic heterocycles. The molecule has 0 aliphatic carbocycles. The second-order valence-electron chi connectivity index (χ2n) is 3.48. The zero-order valence-corrected chi connectivity index (χ0v) is 11.3. The SMILES string of the molecule is O=C(CCBr)Nc1ccc(Cl)c2cccnc12. The Labute approximate surface area is 112 Å². The molecule has 0 bridgehead atoms. The average Bonchev–Trinajstić information content (AvgIpc) is 2.34. The molecule has 0 atom stereocenters. The zero-order chi connectivity index (χ0) is 12.3. The Morgan fingerprint density at radius 3 is 3.00 bits per heavy atom. The fourth-order valence-corrected chi connectivity index (χ4v) is 2.11. The molecule has 1 aromatic carbocycles. The molecule has 1 aromatic heterocycles. The Balaban J connectivity index is 2.41. The summed E-state index contributed by atoms with van der Waals surface area (Å²) in [6, 6.07) is 7.22. The third kappa shape index (κ3) is 2.76. The predicted molar refractivity (Wildman–Crippen MR) is 73.8 cm³/mol. The van der Waals surface area contributed by atoms with Crippen LogP contribution in [0.1, 0.15) is 6.42 Å².